The number of aromatic nitrogens is 1. The number of halogens is 4. The molecular formula is C10H7ClF3N3O. The smallest absolute Gasteiger partial charge is 0.290 e. The van der Waals surface area contributed by atoms with Crippen molar-refractivity contribution in [2.24, 2.45) is 4.99 Å². The SMILES string of the molecule is C#CCN=C(NO)c1ncc(C(F)(F)F)cc1Cl. The number of hydroxylamine groups is 1. The quantitative estimate of drug-likeness (QED) is 0.377. The molecule has 0 aliphatic carbocycles. The van der Waals surface area contributed by atoms with E-state index in [1.54, 1.807) is 5.48 Å². The molecule has 0 saturated heterocycles. The standard InChI is InChI=1S/C10H7ClF3N3O/c1-2-3-15-9(17-18)8-7(11)4-6(5-16-8)10(12,13)14/h1,4-5,18H,3H2,(H,15,17). The molecule has 1 rings (SSSR count). The first-order valence-electron chi connectivity index (χ1n) is 4.51. The number of aliphatic imine (C=N–C) groups is 1. The first-order valence-corrected chi connectivity index (χ1v) is 4.89. The maximum atomic E-state index is 12.4. The predicted octanol–water partition coefficient (Wildman–Crippen LogP) is 2.11. The normalized spacial score (nSPS) is 12.1. The van der Waals surface area contributed by atoms with Crippen LogP contribution in [-0.4, -0.2) is 22.6 Å². The summed E-state index contributed by atoms with van der Waals surface area (Å²) in [7, 11) is 0. The summed E-state index contributed by atoms with van der Waals surface area (Å²) in [6.45, 7) is -0.0814. The first kappa shape index (κ1) is 14.3. The number of amidine groups is 1. The van der Waals surface area contributed by atoms with Gasteiger partial charge < -0.3 is 0 Å². The number of nitrogens with zero attached hydrogens (tertiary/aromatic N) is 2. The summed E-state index contributed by atoms with van der Waals surface area (Å²) in [6, 6.07) is 0.687. The van der Waals surface area contributed by atoms with Crippen LogP contribution in [0.25, 0.3) is 0 Å². The van der Waals surface area contributed by atoms with Crippen LogP contribution in [0.2, 0.25) is 5.02 Å². The summed E-state index contributed by atoms with van der Waals surface area (Å²) in [4.78, 5) is 7.17. The molecule has 1 aromatic rings. The molecule has 0 unspecified atom stereocenters. The number of rotatable bonds is 2. The van der Waals surface area contributed by atoms with E-state index in [0.29, 0.717) is 12.3 Å². The third-order valence-electron chi connectivity index (χ3n) is 1.83. The van der Waals surface area contributed by atoms with E-state index in [4.69, 9.17) is 23.2 Å². The Morgan fingerprint density at radius 2 is 2.28 bits per heavy atom. The van der Waals surface area contributed by atoms with Crippen LogP contribution >= 0.6 is 11.6 Å². The molecule has 1 heterocycles. The summed E-state index contributed by atoms with van der Waals surface area (Å²) in [6.07, 6.45) is 1.00. The van der Waals surface area contributed by atoms with Gasteiger partial charge in [0.25, 0.3) is 0 Å². The Hall–Kier alpha value is -1.78. The zero-order valence-corrected chi connectivity index (χ0v) is 9.55. The minimum Gasteiger partial charge on any atom is -0.290 e. The molecule has 0 saturated carbocycles. The Balaban J connectivity index is 3.17. The largest absolute Gasteiger partial charge is 0.417 e. The summed E-state index contributed by atoms with van der Waals surface area (Å²) in [5, 5.41) is 8.49. The van der Waals surface area contributed by atoms with Gasteiger partial charge in [0.2, 0.25) is 0 Å². The van der Waals surface area contributed by atoms with Gasteiger partial charge in [-0.1, -0.05) is 17.5 Å². The van der Waals surface area contributed by atoms with Gasteiger partial charge >= 0.3 is 6.18 Å². The molecule has 8 heteroatoms. The zero-order valence-electron chi connectivity index (χ0n) is 8.79. The van der Waals surface area contributed by atoms with Crippen LogP contribution in [0.5, 0.6) is 0 Å². The highest BCUT2D eigenvalue weighted by Gasteiger charge is 2.31. The summed E-state index contributed by atoms with van der Waals surface area (Å²) in [5.74, 6) is 1.97. The third-order valence-corrected chi connectivity index (χ3v) is 2.12. The predicted molar refractivity (Wildman–Crippen MR) is 59.4 cm³/mol. The molecule has 18 heavy (non-hydrogen) atoms. The molecule has 0 bridgehead atoms. The number of alkyl halides is 3. The van der Waals surface area contributed by atoms with Gasteiger partial charge in [0.05, 0.1) is 10.6 Å². The van der Waals surface area contributed by atoms with Gasteiger partial charge in [0.1, 0.15) is 12.2 Å². The maximum Gasteiger partial charge on any atom is 0.417 e. The number of pyridine rings is 1. The highest BCUT2D eigenvalue weighted by molar-refractivity contribution is 6.33. The van der Waals surface area contributed by atoms with Gasteiger partial charge in [0, 0.05) is 6.20 Å². The number of terminal acetylenes is 1. The molecule has 0 aromatic carbocycles. The Kier molecular flexibility index (Phi) is 4.53. The molecule has 0 aliphatic heterocycles. The minimum absolute atomic E-state index is 0.0814. The average molecular weight is 278 g/mol. The lowest BCUT2D eigenvalue weighted by molar-refractivity contribution is -0.137. The van der Waals surface area contributed by atoms with Crippen molar-refractivity contribution < 1.29 is 18.4 Å². The average Bonchev–Trinajstić information content (AvgIpc) is 2.30. The molecule has 1 aromatic heterocycles. The third kappa shape index (κ3) is 3.35. The Labute approximate surface area is 105 Å². The number of hydrogen-bond acceptors (Lipinski definition) is 3. The summed E-state index contributed by atoms with van der Waals surface area (Å²) < 4.78 is 37.1. The first-order chi connectivity index (χ1) is 8.40. The second-order valence-corrected chi connectivity index (χ2v) is 3.44. The van der Waals surface area contributed by atoms with E-state index >= 15 is 0 Å². The van der Waals surface area contributed by atoms with E-state index in [2.05, 4.69) is 15.9 Å². The Morgan fingerprint density at radius 1 is 1.61 bits per heavy atom. The highest BCUT2D eigenvalue weighted by atomic mass is 35.5. The lowest BCUT2D eigenvalue weighted by Gasteiger charge is -2.09. The van der Waals surface area contributed by atoms with Gasteiger partial charge in [-0.05, 0) is 6.07 Å². The molecule has 96 valence electrons. The van der Waals surface area contributed by atoms with Crippen molar-refractivity contribution in [1.82, 2.24) is 10.5 Å². The van der Waals surface area contributed by atoms with E-state index in [9.17, 15) is 13.2 Å². The van der Waals surface area contributed by atoms with Crippen molar-refractivity contribution in [2.75, 3.05) is 6.54 Å². The number of hydrogen-bond donors (Lipinski definition) is 2. The molecule has 0 spiro atoms. The van der Waals surface area contributed by atoms with E-state index < -0.39 is 11.7 Å². The van der Waals surface area contributed by atoms with Gasteiger partial charge in [-0.25, -0.2) is 0 Å². The lowest BCUT2D eigenvalue weighted by Crippen LogP contribution is -2.23. The van der Waals surface area contributed by atoms with Crippen molar-refractivity contribution in [3.05, 3.63) is 28.5 Å². The second-order valence-electron chi connectivity index (χ2n) is 3.03. The van der Waals surface area contributed by atoms with Crippen molar-refractivity contribution in [2.45, 2.75) is 6.18 Å². The molecule has 4 nitrogen and oxygen atoms in total. The summed E-state index contributed by atoms with van der Waals surface area (Å²) in [5.41, 5.74) is 0.561. The fourth-order valence-electron chi connectivity index (χ4n) is 1.06. The van der Waals surface area contributed by atoms with E-state index in [1.165, 1.54) is 0 Å². The van der Waals surface area contributed by atoms with Crippen LogP contribution in [-0.2, 0) is 6.18 Å². The van der Waals surface area contributed by atoms with Crippen molar-refractivity contribution >= 4 is 17.4 Å². The topological polar surface area (TPSA) is 57.5 Å². The fourth-order valence-corrected chi connectivity index (χ4v) is 1.31. The van der Waals surface area contributed by atoms with Crippen LogP contribution in [0.4, 0.5) is 13.2 Å². The summed E-state index contributed by atoms with van der Waals surface area (Å²) >= 11 is 5.64. The van der Waals surface area contributed by atoms with Crippen molar-refractivity contribution in [1.29, 1.82) is 0 Å². The van der Waals surface area contributed by atoms with E-state index in [-0.39, 0.29) is 23.1 Å². The Bertz CT molecular complexity index is 508. The molecule has 0 amide bonds. The van der Waals surface area contributed by atoms with Crippen LogP contribution in [0.15, 0.2) is 17.3 Å². The molecule has 0 atom stereocenters. The lowest BCUT2D eigenvalue weighted by atomic mass is 10.2. The number of nitrogens with one attached hydrogen (secondary N) is 1. The van der Waals surface area contributed by atoms with Gasteiger partial charge in [-0.2, -0.15) is 13.2 Å². The molecular weight excluding hydrogens is 271 g/mol. The maximum absolute atomic E-state index is 12.4. The van der Waals surface area contributed by atoms with Crippen LogP contribution in [0.3, 0.4) is 0 Å². The van der Waals surface area contributed by atoms with Crippen LogP contribution in [0.1, 0.15) is 11.3 Å². The zero-order chi connectivity index (χ0) is 13.8. The van der Waals surface area contributed by atoms with Gasteiger partial charge in [-0.3, -0.25) is 20.7 Å². The molecule has 0 radical (unpaired) electrons. The van der Waals surface area contributed by atoms with E-state index in [1.807, 2.05) is 0 Å². The monoisotopic (exact) mass is 277 g/mol. The molecule has 2 N–H and O–H groups in total. The fraction of sp³-hybridized carbons (Fsp3) is 0.200. The van der Waals surface area contributed by atoms with Crippen molar-refractivity contribution in [3.8, 4) is 12.3 Å². The van der Waals surface area contributed by atoms with Crippen molar-refractivity contribution in [3.63, 3.8) is 0 Å². The van der Waals surface area contributed by atoms with Gasteiger partial charge in [0.15, 0.2) is 5.84 Å². The minimum atomic E-state index is -4.54. The Morgan fingerprint density at radius 3 is 2.72 bits per heavy atom. The molecule has 0 fully saturated rings. The van der Waals surface area contributed by atoms with Gasteiger partial charge in [-0.15, -0.1) is 6.42 Å². The van der Waals surface area contributed by atoms with Crippen LogP contribution < -0.4 is 5.48 Å². The molecule has 0 aliphatic rings. The van der Waals surface area contributed by atoms with Crippen LogP contribution in [0, 0.1) is 12.3 Å². The van der Waals surface area contributed by atoms with E-state index in [0.717, 1.165) is 0 Å². The highest BCUT2D eigenvalue weighted by Crippen LogP contribution is 2.30. The second kappa shape index (κ2) is 5.71.